The van der Waals surface area contributed by atoms with Gasteiger partial charge in [0.15, 0.2) is 11.5 Å². The number of rotatable bonds is 4. The molecule has 1 aliphatic rings. The Morgan fingerprint density at radius 2 is 2.32 bits per heavy atom. The molecule has 0 amide bonds. The van der Waals surface area contributed by atoms with Crippen molar-refractivity contribution < 1.29 is 9.90 Å². The predicted octanol–water partition coefficient (Wildman–Crippen LogP) is 2.09. The molecule has 2 aromatic rings. The van der Waals surface area contributed by atoms with Crippen LogP contribution in [0.3, 0.4) is 0 Å². The Balaban J connectivity index is 1.75. The highest BCUT2D eigenvalue weighted by molar-refractivity contribution is 5.88. The molecule has 1 N–H and O–H groups in total. The molecule has 1 saturated heterocycles. The molecule has 0 radical (unpaired) electrons. The molecular formula is C16H22N4O2. The third kappa shape index (κ3) is 3.11. The molecule has 2 aromatic heterocycles. The number of nitrogens with zero attached hydrogens (tertiary/aromatic N) is 4. The number of aromatic carboxylic acids is 1. The Kier molecular flexibility index (Phi) is 4.11. The zero-order valence-electron chi connectivity index (χ0n) is 13.1. The number of carbonyl (C=O) groups is 1. The van der Waals surface area contributed by atoms with Gasteiger partial charge in [0, 0.05) is 25.2 Å². The molecule has 118 valence electrons. The quantitative estimate of drug-likeness (QED) is 0.936. The number of carboxylic acids is 1. The average molecular weight is 302 g/mol. The highest BCUT2D eigenvalue weighted by Gasteiger charge is 2.23. The number of hydrogen-bond donors (Lipinski definition) is 1. The summed E-state index contributed by atoms with van der Waals surface area (Å²) in [5.74, 6) is 0.442. The zero-order chi connectivity index (χ0) is 15.7. The van der Waals surface area contributed by atoms with Gasteiger partial charge in [0.25, 0.3) is 0 Å². The van der Waals surface area contributed by atoms with E-state index in [1.54, 1.807) is 22.8 Å². The Bertz CT molecular complexity index is 680. The van der Waals surface area contributed by atoms with Crippen LogP contribution in [0.2, 0.25) is 0 Å². The van der Waals surface area contributed by atoms with Crippen molar-refractivity contribution in [2.75, 3.05) is 13.1 Å². The summed E-state index contributed by atoms with van der Waals surface area (Å²) < 4.78 is 1.66. The maximum Gasteiger partial charge on any atom is 0.335 e. The van der Waals surface area contributed by atoms with Crippen LogP contribution in [0.4, 0.5) is 0 Å². The minimum absolute atomic E-state index is 0.245. The Morgan fingerprint density at radius 1 is 1.50 bits per heavy atom. The van der Waals surface area contributed by atoms with Gasteiger partial charge >= 0.3 is 5.97 Å². The number of fused-ring (bicyclic) bond motifs is 1. The molecule has 3 rings (SSSR count). The van der Waals surface area contributed by atoms with Gasteiger partial charge in [-0.15, -0.1) is 0 Å². The van der Waals surface area contributed by atoms with Gasteiger partial charge in [0.05, 0.1) is 5.56 Å². The molecule has 1 fully saturated rings. The van der Waals surface area contributed by atoms with Crippen LogP contribution in [0, 0.1) is 5.92 Å². The average Bonchev–Trinajstić information content (AvgIpc) is 2.88. The van der Waals surface area contributed by atoms with Gasteiger partial charge in [-0.3, -0.25) is 0 Å². The summed E-state index contributed by atoms with van der Waals surface area (Å²) >= 11 is 0. The number of aromatic nitrogens is 3. The van der Waals surface area contributed by atoms with Gasteiger partial charge in [-0.05, 0) is 51.3 Å². The van der Waals surface area contributed by atoms with Gasteiger partial charge in [-0.2, -0.15) is 5.10 Å². The summed E-state index contributed by atoms with van der Waals surface area (Å²) in [6.45, 7) is 6.74. The summed E-state index contributed by atoms with van der Waals surface area (Å²) in [6, 6.07) is 3.70. The van der Waals surface area contributed by atoms with Crippen molar-refractivity contribution in [1.29, 1.82) is 0 Å². The fraction of sp³-hybridized carbons (Fsp3) is 0.562. The van der Waals surface area contributed by atoms with E-state index in [1.807, 2.05) is 0 Å². The minimum atomic E-state index is -0.938. The fourth-order valence-corrected chi connectivity index (χ4v) is 3.14. The van der Waals surface area contributed by atoms with Crippen molar-refractivity contribution in [3.05, 3.63) is 29.7 Å². The lowest BCUT2D eigenvalue weighted by atomic mass is 9.94. The summed E-state index contributed by atoms with van der Waals surface area (Å²) in [7, 11) is 0. The second kappa shape index (κ2) is 6.04. The lowest BCUT2D eigenvalue weighted by Crippen LogP contribution is -2.40. The van der Waals surface area contributed by atoms with Gasteiger partial charge in [0.2, 0.25) is 0 Å². The zero-order valence-corrected chi connectivity index (χ0v) is 13.1. The van der Waals surface area contributed by atoms with E-state index in [0.717, 1.165) is 18.8 Å². The number of pyridine rings is 1. The highest BCUT2D eigenvalue weighted by atomic mass is 16.4. The van der Waals surface area contributed by atoms with Gasteiger partial charge in [-0.25, -0.2) is 14.3 Å². The number of piperidine rings is 1. The molecule has 3 heterocycles. The summed E-state index contributed by atoms with van der Waals surface area (Å²) in [4.78, 5) is 18.0. The standard InChI is InChI=1S/C16H22N4O2/c1-11(2)19-6-3-4-12(10-19)8-14-17-15-9-13(16(21)22)5-7-20(15)18-14/h5,7,9,11-12H,3-4,6,8,10H2,1-2H3,(H,21,22). The molecule has 0 aliphatic carbocycles. The van der Waals surface area contributed by atoms with Crippen LogP contribution in [0.25, 0.3) is 5.65 Å². The first-order valence-corrected chi connectivity index (χ1v) is 7.85. The molecule has 0 aromatic carbocycles. The van der Waals surface area contributed by atoms with E-state index in [2.05, 4.69) is 28.8 Å². The molecule has 0 saturated carbocycles. The van der Waals surface area contributed by atoms with Crippen LogP contribution < -0.4 is 0 Å². The van der Waals surface area contributed by atoms with Crippen molar-refractivity contribution in [2.45, 2.75) is 39.2 Å². The van der Waals surface area contributed by atoms with Gasteiger partial charge in [0.1, 0.15) is 0 Å². The van der Waals surface area contributed by atoms with E-state index in [9.17, 15) is 4.79 Å². The van der Waals surface area contributed by atoms with Crippen LogP contribution in [0.5, 0.6) is 0 Å². The van der Waals surface area contributed by atoms with Crippen molar-refractivity contribution in [1.82, 2.24) is 19.5 Å². The topological polar surface area (TPSA) is 70.7 Å². The molecule has 0 spiro atoms. The molecule has 1 aliphatic heterocycles. The van der Waals surface area contributed by atoms with Crippen molar-refractivity contribution in [3.8, 4) is 0 Å². The number of hydrogen-bond acceptors (Lipinski definition) is 4. The predicted molar refractivity (Wildman–Crippen MR) is 83.1 cm³/mol. The number of likely N-dealkylation sites (tertiary alicyclic amines) is 1. The van der Waals surface area contributed by atoms with Crippen LogP contribution in [-0.2, 0) is 6.42 Å². The smallest absolute Gasteiger partial charge is 0.335 e. The van der Waals surface area contributed by atoms with Crippen LogP contribution in [-0.4, -0.2) is 49.7 Å². The van der Waals surface area contributed by atoms with Crippen molar-refractivity contribution in [2.24, 2.45) is 5.92 Å². The largest absolute Gasteiger partial charge is 0.478 e. The third-order valence-corrected chi connectivity index (χ3v) is 4.38. The minimum Gasteiger partial charge on any atom is -0.478 e. The van der Waals surface area contributed by atoms with E-state index < -0.39 is 5.97 Å². The van der Waals surface area contributed by atoms with E-state index in [0.29, 0.717) is 17.6 Å². The van der Waals surface area contributed by atoms with Gasteiger partial charge in [-0.1, -0.05) is 0 Å². The summed E-state index contributed by atoms with van der Waals surface area (Å²) in [5, 5.41) is 13.5. The normalized spacial score (nSPS) is 19.9. The first-order valence-electron chi connectivity index (χ1n) is 7.85. The van der Waals surface area contributed by atoms with Crippen molar-refractivity contribution in [3.63, 3.8) is 0 Å². The van der Waals surface area contributed by atoms with Crippen LogP contribution >= 0.6 is 0 Å². The van der Waals surface area contributed by atoms with Crippen LogP contribution in [0.15, 0.2) is 18.3 Å². The van der Waals surface area contributed by atoms with Crippen LogP contribution in [0.1, 0.15) is 42.9 Å². The second-order valence-electron chi connectivity index (χ2n) is 6.35. The molecule has 6 nitrogen and oxygen atoms in total. The maximum atomic E-state index is 11.0. The SMILES string of the molecule is CC(C)N1CCCC(Cc2nc3cc(C(=O)O)ccn3n2)C1. The first-order chi connectivity index (χ1) is 10.5. The molecule has 6 heteroatoms. The molecule has 22 heavy (non-hydrogen) atoms. The van der Waals surface area contributed by atoms with E-state index in [1.165, 1.54) is 19.4 Å². The fourth-order valence-electron chi connectivity index (χ4n) is 3.14. The van der Waals surface area contributed by atoms with E-state index >= 15 is 0 Å². The lowest BCUT2D eigenvalue weighted by Gasteiger charge is -2.35. The van der Waals surface area contributed by atoms with E-state index in [-0.39, 0.29) is 5.56 Å². The summed E-state index contributed by atoms with van der Waals surface area (Å²) in [6.07, 6.45) is 4.95. The third-order valence-electron chi connectivity index (χ3n) is 4.38. The second-order valence-corrected chi connectivity index (χ2v) is 6.35. The monoisotopic (exact) mass is 302 g/mol. The number of carboxylic acid groups (broad SMARTS) is 1. The first kappa shape index (κ1) is 15.0. The molecule has 1 atom stereocenters. The lowest BCUT2D eigenvalue weighted by molar-refractivity contribution is 0.0697. The maximum absolute atomic E-state index is 11.0. The molecule has 1 unspecified atom stereocenters. The Labute approximate surface area is 129 Å². The Morgan fingerprint density at radius 3 is 3.05 bits per heavy atom. The van der Waals surface area contributed by atoms with Crippen molar-refractivity contribution >= 4 is 11.6 Å². The molecule has 0 bridgehead atoms. The summed E-state index contributed by atoms with van der Waals surface area (Å²) in [5.41, 5.74) is 0.849. The molecular weight excluding hydrogens is 280 g/mol. The Hall–Kier alpha value is -1.95. The van der Waals surface area contributed by atoms with Gasteiger partial charge < -0.3 is 10.0 Å². The highest BCUT2D eigenvalue weighted by Crippen LogP contribution is 2.21. The van der Waals surface area contributed by atoms with E-state index in [4.69, 9.17) is 5.11 Å².